The maximum absolute atomic E-state index is 13.0. The van der Waals surface area contributed by atoms with Crippen LogP contribution in [0.2, 0.25) is 0 Å². The highest BCUT2D eigenvalue weighted by molar-refractivity contribution is 7.89. The molecule has 0 aliphatic carbocycles. The third-order valence-electron chi connectivity index (χ3n) is 6.13. The van der Waals surface area contributed by atoms with Crippen molar-refractivity contribution in [3.05, 3.63) is 57.9 Å². The van der Waals surface area contributed by atoms with E-state index in [9.17, 15) is 18.0 Å². The molecule has 0 atom stereocenters. The van der Waals surface area contributed by atoms with E-state index >= 15 is 0 Å². The van der Waals surface area contributed by atoms with Crippen LogP contribution in [0, 0.1) is 13.8 Å². The summed E-state index contributed by atoms with van der Waals surface area (Å²) in [6.45, 7) is 4.90. The molecule has 0 unspecified atom stereocenters. The van der Waals surface area contributed by atoms with Crippen LogP contribution in [0.25, 0.3) is 10.2 Å². The molecule has 4 rings (SSSR count). The summed E-state index contributed by atoms with van der Waals surface area (Å²) >= 11 is 1.32. The molecule has 35 heavy (non-hydrogen) atoms. The van der Waals surface area contributed by atoms with Crippen molar-refractivity contribution in [1.82, 2.24) is 8.87 Å². The smallest absolute Gasteiger partial charge is 0.325 e. The van der Waals surface area contributed by atoms with Crippen molar-refractivity contribution in [1.29, 1.82) is 0 Å². The van der Waals surface area contributed by atoms with Crippen LogP contribution in [0.4, 0.5) is 0 Å². The molecular weight excluding hydrogens is 486 g/mol. The van der Waals surface area contributed by atoms with Gasteiger partial charge in [0, 0.05) is 18.7 Å². The van der Waals surface area contributed by atoms with Gasteiger partial charge in [-0.1, -0.05) is 30.2 Å². The van der Waals surface area contributed by atoms with Gasteiger partial charge in [-0.05, 0) is 68.1 Å². The average molecular weight is 516 g/mol. The second-order valence-corrected chi connectivity index (χ2v) is 11.7. The highest BCUT2D eigenvalue weighted by Gasteiger charge is 2.25. The number of thiazole rings is 1. The van der Waals surface area contributed by atoms with E-state index in [2.05, 4.69) is 4.99 Å². The molecule has 186 valence electrons. The zero-order chi connectivity index (χ0) is 25.2. The number of methoxy groups -OCH3 is 1. The largest absolute Gasteiger partial charge is 0.468 e. The third-order valence-corrected chi connectivity index (χ3v) is 9.07. The lowest BCUT2D eigenvalue weighted by atomic mass is 10.1. The van der Waals surface area contributed by atoms with Crippen molar-refractivity contribution in [3.8, 4) is 0 Å². The number of hydrogen-bond acceptors (Lipinski definition) is 6. The molecule has 1 aliphatic heterocycles. The Balaban J connectivity index is 1.68. The highest BCUT2D eigenvalue weighted by atomic mass is 32.2. The van der Waals surface area contributed by atoms with Gasteiger partial charge in [0.2, 0.25) is 10.0 Å². The van der Waals surface area contributed by atoms with E-state index in [0.29, 0.717) is 17.9 Å². The lowest BCUT2D eigenvalue weighted by Crippen LogP contribution is -2.31. The molecule has 0 bridgehead atoms. The molecule has 3 aromatic rings. The number of sulfonamides is 1. The van der Waals surface area contributed by atoms with Crippen LogP contribution in [0.5, 0.6) is 0 Å². The quantitative estimate of drug-likeness (QED) is 0.482. The van der Waals surface area contributed by atoms with Crippen LogP contribution < -0.4 is 4.80 Å². The van der Waals surface area contributed by atoms with Crippen molar-refractivity contribution in [2.24, 2.45) is 4.99 Å². The zero-order valence-corrected chi connectivity index (χ0v) is 21.7. The third kappa shape index (κ3) is 5.39. The summed E-state index contributed by atoms with van der Waals surface area (Å²) in [5.74, 6) is -0.954. The number of ether oxygens (including phenoxy) is 1. The number of carbonyl (C=O) groups excluding carboxylic acids is 2. The van der Waals surface area contributed by atoms with E-state index in [1.54, 1.807) is 4.57 Å². The van der Waals surface area contributed by atoms with Gasteiger partial charge >= 0.3 is 5.97 Å². The number of nitrogens with zero attached hydrogens (tertiary/aromatic N) is 3. The highest BCUT2D eigenvalue weighted by Crippen LogP contribution is 2.24. The Morgan fingerprint density at radius 1 is 1.03 bits per heavy atom. The Morgan fingerprint density at radius 3 is 2.31 bits per heavy atom. The molecule has 0 radical (unpaired) electrons. The number of aromatic nitrogens is 1. The van der Waals surface area contributed by atoms with E-state index in [-0.39, 0.29) is 17.0 Å². The first-order valence-electron chi connectivity index (χ1n) is 11.6. The number of benzene rings is 2. The first kappa shape index (κ1) is 25.3. The predicted octanol–water partition coefficient (Wildman–Crippen LogP) is 3.80. The van der Waals surface area contributed by atoms with Crippen LogP contribution in [0.1, 0.15) is 47.2 Å². The van der Waals surface area contributed by atoms with E-state index in [4.69, 9.17) is 4.74 Å². The molecule has 8 nitrogen and oxygen atoms in total. The molecule has 2 aromatic carbocycles. The SMILES string of the molecule is COC(=O)Cn1c(=NC(=O)c2ccc(S(=O)(=O)N3CCCCCC3)cc2)sc2cc(C)cc(C)c21. The van der Waals surface area contributed by atoms with E-state index < -0.39 is 21.9 Å². The van der Waals surface area contributed by atoms with Crippen molar-refractivity contribution in [2.45, 2.75) is 51.0 Å². The number of carbonyl (C=O) groups is 2. The number of rotatable bonds is 5. The Kier molecular flexibility index (Phi) is 7.53. The number of aryl methyl sites for hydroxylation is 2. The first-order valence-corrected chi connectivity index (χ1v) is 13.8. The Morgan fingerprint density at radius 2 is 1.69 bits per heavy atom. The fourth-order valence-corrected chi connectivity index (χ4v) is 7.09. The molecule has 1 aliphatic rings. The second-order valence-electron chi connectivity index (χ2n) is 8.74. The standard InChI is InChI=1S/C25H29N3O5S2/c1-17-14-18(2)23-21(15-17)34-25(28(23)16-22(29)33-3)26-24(30)19-8-10-20(11-9-19)35(31,32)27-12-6-4-5-7-13-27/h8-11,14-15H,4-7,12-13,16H2,1-3H3. The Bertz CT molecular complexity index is 1430. The average Bonchev–Trinajstić information content (AvgIpc) is 3.00. The number of fused-ring (bicyclic) bond motifs is 1. The van der Waals surface area contributed by atoms with Crippen LogP contribution >= 0.6 is 11.3 Å². The van der Waals surface area contributed by atoms with E-state index in [1.165, 1.54) is 47.0 Å². The van der Waals surface area contributed by atoms with Gasteiger partial charge in [-0.25, -0.2) is 8.42 Å². The second kappa shape index (κ2) is 10.4. The number of hydrogen-bond donors (Lipinski definition) is 0. The fraction of sp³-hybridized carbons (Fsp3) is 0.400. The van der Waals surface area contributed by atoms with Gasteiger partial charge in [-0.3, -0.25) is 9.59 Å². The first-order chi connectivity index (χ1) is 16.7. The van der Waals surface area contributed by atoms with Gasteiger partial charge in [-0.15, -0.1) is 0 Å². The van der Waals surface area contributed by atoms with Crippen molar-refractivity contribution < 1.29 is 22.7 Å². The van der Waals surface area contributed by atoms with Gasteiger partial charge in [0.05, 0.1) is 22.2 Å². The van der Waals surface area contributed by atoms with Crippen LogP contribution in [-0.2, 0) is 26.1 Å². The summed E-state index contributed by atoms with van der Waals surface area (Å²) in [6.07, 6.45) is 3.78. The van der Waals surface area contributed by atoms with Crippen LogP contribution in [0.15, 0.2) is 46.3 Å². The predicted molar refractivity (Wildman–Crippen MR) is 135 cm³/mol. The molecule has 0 spiro atoms. The zero-order valence-electron chi connectivity index (χ0n) is 20.1. The lowest BCUT2D eigenvalue weighted by molar-refractivity contribution is -0.141. The van der Waals surface area contributed by atoms with Gasteiger partial charge in [0.1, 0.15) is 6.54 Å². The lowest BCUT2D eigenvalue weighted by Gasteiger charge is -2.19. The Hall–Kier alpha value is -2.82. The molecule has 2 heterocycles. The van der Waals surface area contributed by atoms with Crippen LogP contribution in [0.3, 0.4) is 0 Å². The van der Waals surface area contributed by atoms with Gasteiger partial charge in [0.15, 0.2) is 4.80 Å². The van der Waals surface area contributed by atoms with Gasteiger partial charge in [-0.2, -0.15) is 9.30 Å². The molecule has 0 saturated carbocycles. The summed E-state index contributed by atoms with van der Waals surface area (Å²) in [7, 11) is -2.28. The molecule has 10 heteroatoms. The topological polar surface area (TPSA) is 98.0 Å². The van der Waals surface area contributed by atoms with E-state index in [0.717, 1.165) is 47.0 Å². The minimum atomic E-state index is -3.60. The maximum atomic E-state index is 13.0. The Labute approximate surface area is 208 Å². The molecule has 0 N–H and O–H groups in total. The van der Waals surface area contributed by atoms with E-state index in [1.807, 2.05) is 26.0 Å². The van der Waals surface area contributed by atoms with Crippen molar-refractivity contribution in [2.75, 3.05) is 20.2 Å². The monoisotopic (exact) mass is 515 g/mol. The molecule has 1 saturated heterocycles. The molecular formula is C25H29N3O5S2. The number of amides is 1. The number of esters is 1. The summed E-state index contributed by atoms with van der Waals surface area (Å²) in [5, 5.41) is 0. The molecule has 1 fully saturated rings. The van der Waals surface area contributed by atoms with Crippen LogP contribution in [-0.4, -0.2) is 49.4 Å². The normalized spacial score (nSPS) is 15.8. The molecule has 1 aromatic heterocycles. The summed E-state index contributed by atoms with van der Waals surface area (Å²) < 4.78 is 35.0. The van der Waals surface area contributed by atoms with Crippen molar-refractivity contribution in [3.63, 3.8) is 0 Å². The van der Waals surface area contributed by atoms with Gasteiger partial charge in [0.25, 0.3) is 5.91 Å². The molecule has 1 amide bonds. The van der Waals surface area contributed by atoms with Crippen molar-refractivity contribution >= 4 is 43.5 Å². The minimum Gasteiger partial charge on any atom is -0.468 e. The minimum absolute atomic E-state index is 0.0699. The summed E-state index contributed by atoms with van der Waals surface area (Å²) in [4.78, 5) is 29.9. The fourth-order valence-electron chi connectivity index (χ4n) is 4.37. The maximum Gasteiger partial charge on any atom is 0.325 e. The summed E-state index contributed by atoms with van der Waals surface area (Å²) in [6, 6.07) is 9.91. The van der Waals surface area contributed by atoms with Gasteiger partial charge < -0.3 is 9.30 Å². The summed E-state index contributed by atoms with van der Waals surface area (Å²) in [5.41, 5.74) is 3.14.